The average Bonchev–Trinajstić information content (AvgIpc) is 2.78. The van der Waals surface area contributed by atoms with Crippen molar-refractivity contribution in [1.82, 2.24) is 0 Å². The second kappa shape index (κ2) is 10.00. The predicted molar refractivity (Wildman–Crippen MR) is 139 cm³/mol. The van der Waals surface area contributed by atoms with E-state index < -0.39 is 13.3 Å². The lowest BCUT2D eigenvalue weighted by Crippen LogP contribution is -2.16. The Hall–Kier alpha value is -2.52. The Bertz CT molecular complexity index is 1290. The summed E-state index contributed by atoms with van der Waals surface area (Å²) < 4.78 is 18.9. The van der Waals surface area contributed by atoms with Gasteiger partial charge in [-0.3, -0.25) is 4.79 Å². The lowest BCUT2D eigenvalue weighted by atomic mass is 9.84. The molecule has 0 N–H and O–H groups in total. The third-order valence-electron chi connectivity index (χ3n) is 5.63. The van der Waals surface area contributed by atoms with Gasteiger partial charge in [0.15, 0.2) is 11.5 Å². The van der Waals surface area contributed by atoms with E-state index in [-0.39, 0.29) is 37.9 Å². The maximum absolute atomic E-state index is 13.5. The van der Waals surface area contributed by atoms with E-state index in [0.717, 1.165) is 16.7 Å². The van der Waals surface area contributed by atoms with Crippen molar-refractivity contribution >= 4 is 47.6 Å². The lowest BCUT2D eigenvalue weighted by molar-refractivity contribution is 0.103. The highest BCUT2D eigenvalue weighted by atomic mass is 35.5. The first-order chi connectivity index (χ1) is 15.9. The Kier molecular flexibility index (Phi) is 7.67. The van der Waals surface area contributed by atoms with Crippen molar-refractivity contribution in [2.75, 3.05) is 7.11 Å². The van der Waals surface area contributed by atoms with Gasteiger partial charge in [0.1, 0.15) is 0 Å². The summed E-state index contributed by atoms with van der Waals surface area (Å²) in [5.74, 6) is -0.395. The predicted octanol–water partition coefficient (Wildman–Crippen LogP) is 7.44. The zero-order chi connectivity index (χ0) is 25.4. The molecular formula is C27H26Cl2O4P+. The SMILES string of the molecule is COc1c(Cl)c(C(=O)c2ccccc2)cc(Cl)c1[P+](=O)C(=O)c1c(C)cc(C(C)(C)C)cc1C. The number of hydrogen-bond acceptors (Lipinski definition) is 4. The number of halogens is 2. The van der Waals surface area contributed by atoms with Gasteiger partial charge in [0.05, 0.1) is 22.7 Å². The highest BCUT2D eigenvalue weighted by Gasteiger charge is 2.42. The standard InChI is InChI=1S/C27H26Cl2O4P/c1-15-12-18(27(3,4)5)13-16(2)21(15)26(31)34(32)25-20(28)14-19(22(29)24(25)33-6)23(30)17-10-8-7-9-11-17/h7-14H,1-6H3/q+1. The first kappa shape index (κ1) is 26.1. The molecule has 0 aliphatic rings. The van der Waals surface area contributed by atoms with Crippen LogP contribution in [0.15, 0.2) is 48.5 Å². The maximum Gasteiger partial charge on any atom is 0.464 e. The highest BCUT2D eigenvalue weighted by Crippen LogP contribution is 2.41. The van der Waals surface area contributed by atoms with Crippen LogP contribution in [0.1, 0.15) is 63.7 Å². The number of benzene rings is 3. The number of carbonyl (C=O) groups excluding carboxylic acids is 2. The van der Waals surface area contributed by atoms with Gasteiger partial charge in [-0.1, -0.05) is 91.0 Å². The number of hydrogen-bond donors (Lipinski definition) is 0. The molecule has 0 aromatic heterocycles. The molecule has 3 rings (SSSR count). The normalized spacial score (nSPS) is 11.8. The van der Waals surface area contributed by atoms with Crippen LogP contribution in [0.3, 0.4) is 0 Å². The highest BCUT2D eigenvalue weighted by molar-refractivity contribution is 7.72. The first-order valence-corrected chi connectivity index (χ1v) is 12.7. The molecule has 0 fully saturated rings. The van der Waals surface area contributed by atoms with Crippen LogP contribution in [-0.2, 0) is 9.98 Å². The molecule has 3 aromatic carbocycles. The van der Waals surface area contributed by atoms with E-state index in [1.54, 1.807) is 30.3 Å². The van der Waals surface area contributed by atoms with Crippen molar-refractivity contribution < 1.29 is 18.9 Å². The zero-order valence-electron chi connectivity index (χ0n) is 20.0. The number of aryl methyl sites for hydroxylation is 2. The fraction of sp³-hybridized carbons (Fsp3) is 0.259. The van der Waals surface area contributed by atoms with Gasteiger partial charge in [-0.15, -0.1) is 0 Å². The van der Waals surface area contributed by atoms with Crippen LogP contribution >= 0.6 is 31.0 Å². The summed E-state index contributed by atoms with van der Waals surface area (Å²) in [6, 6.07) is 13.8. The Morgan fingerprint density at radius 3 is 2.00 bits per heavy atom. The molecule has 0 aliphatic heterocycles. The average molecular weight is 516 g/mol. The maximum atomic E-state index is 13.5. The summed E-state index contributed by atoms with van der Waals surface area (Å²) in [5, 5.41) is -0.0717. The number of carbonyl (C=O) groups is 2. The molecule has 1 unspecified atom stereocenters. The molecule has 3 aromatic rings. The molecule has 0 saturated carbocycles. The van der Waals surface area contributed by atoms with Crippen molar-refractivity contribution in [1.29, 1.82) is 0 Å². The third-order valence-corrected chi connectivity index (χ3v) is 7.88. The summed E-state index contributed by atoms with van der Waals surface area (Å²) in [5.41, 5.74) is 2.79. The molecule has 1 atom stereocenters. The number of ether oxygens (including phenoxy) is 1. The Morgan fingerprint density at radius 2 is 1.50 bits per heavy atom. The summed E-state index contributed by atoms with van der Waals surface area (Å²) in [6.45, 7) is 9.93. The minimum atomic E-state index is -2.67. The van der Waals surface area contributed by atoms with Gasteiger partial charge in [-0.2, -0.15) is 0 Å². The summed E-state index contributed by atoms with van der Waals surface area (Å²) in [4.78, 5) is 26.4. The van der Waals surface area contributed by atoms with E-state index in [9.17, 15) is 14.2 Å². The minimum absolute atomic E-state index is 0.0162. The quantitative estimate of drug-likeness (QED) is 0.252. The van der Waals surface area contributed by atoms with E-state index in [2.05, 4.69) is 20.8 Å². The van der Waals surface area contributed by atoms with Crippen LogP contribution in [-0.4, -0.2) is 18.4 Å². The molecule has 0 radical (unpaired) electrons. The van der Waals surface area contributed by atoms with Gasteiger partial charge >= 0.3 is 13.3 Å². The van der Waals surface area contributed by atoms with Gasteiger partial charge in [0, 0.05) is 11.1 Å². The Balaban J connectivity index is 2.10. The fourth-order valence-electron chi connectivity index (χ4n) is 3.82. The fourth-order valence-corrected chi connectivity index (χ4v) is 6.02. The van der Waals surface area contributed by atoms with E-state index in [1.807, 2.05) is 26.0 Å². The van der Waals surface area contributed by atoms with E-state index >= 15 is 0 Å². The van der Waals surface area contributed by atoms with Crippen LogP contribution in [0.2, 0.25) is 10.0 Å². The summed E-state index contributed by atoms with van der Waals surface area (Å²) in [6.07, 6.45) is 0. The summed E-state index contributed by atoms with van der Waals surface area (Å²) >= 11 is 13.0. The molecule has 0 bridgehead atoms. The molecule has 0 spiro atoms. The number of ketones is 1. The van der Waals surface area contributed by atoms with Crippen LogP contribution in [0.5, 0.6) is 5.75 Å². The summed E-state index contributed by atoms with van der Waals surface area (Å²) in [7, 11) is -1.34. The van der Waals surface area contributed by atoms with Crippen molar-refractivity contribution in [3.8, 4) is 5.75 Å². The van der Waals surface area contributed by atoms with Crippen molar-refractivity contribution in [2.24, 2.45) is 0 Å². The lowest BCUT2D eigenvalue weighted by Gasteiger charge is -2.21. The van der Waals surface area contributed by atoms with Gasteiger partial charge in [0.2, 0.25) is 0 Å². The van der Waals surface area contributed by atoms with Crippen molar-refractivity contribution in [2.45, 2.75) is 40.0 Å². The molecule has 7 heteroatoms. The molecule has 4 nitrogen and oxygen atoms in total. The number of methoxy groups -OCH3 is 1. The molecule has 176 valence electrons. The monoisotopic (exact) mass is 515 g/mol. The van der Waals surface area contributed by atoms with E-state index in [4.69, 9.17) is 27.9 Å². The Labute approximate surface area is 211 Å². The molecule has 0 aliphatic carbocycles. The molecule has 0 amide bonds. The van der Waals surface area contributed by atoms with Crippen LogP contribution in [0.4, 0.5) is 0 Å². The van der Waals surface area contributed by atoms with Crippen LogP contribution in [0.25, 0.3) is 0 Å². The van der Waals surface area contributed by atoms with Gasteiger partial charge < -0.3 is 4.74 Å². The zero-order valence-corrected chi connectivity index (χ0v) is 22.4. The second-order valence-corrected chi connectivity index (χ2v) is 11.4. The topological polar surface area (TPSA) is 60.4 Å². The van der Waals surface area contributed by atoms with Gasteiger partial charge in [-0.05, 0) is 42.0 Å². The third kappa shape index (κ3) is 4.95. The largest absolute Gasteiger partial charge is 0.491 e. The smallest absolute Gasteiger partial charge is 0.464 e. The first-order valence-electron chi connectivity index (χ1n) is 10.7. The Morgan fingerprint density at radius 1 is 0.941 bits per heavy atom. The van der Waals surface area contributed by atoms with Crippen LogP contribution < -0.4 is 10.0 Å². The van der Waals surface area contributed by atoms with Gasteiger partial charge in [-0.25, -0.2) is 4.79 Å². The molecule has 0 saturated heterocycles. The number of rotatable bonds is 6. The van der Waals surface area contributed by atoms with Crippen molar-refractivity contribution in [3.63, 3.8) is 0 Å². The molecule has 34 heavy (non-hydrogen) atoms. The van der Waals surface area contributed by atoms with Crippen LogP contribution in [0, 0.1) is 13.8 Å². The minimum Gasteiger partial charge on any atom is -0.491 e. The van der Waals surface area contributed by atoms with E-state index in [0.29, 0.717) is 11.1 Å². The second-order valence-electron chi connectivity index (χ2n) is 9.13. The molecule has 0 heterocycles. The molecular weight excluding hydrogens is 490 g/mol. The van der Waals surface area contributed by atoms with Gasteiger partial charge in [0.25, 0.3) is 5.30 Å². The van der Waals surface area contributed by atoms with E-state index in [1.165, 1.54) is 13.2 Å². The van der Waals surface area contributed by atoms with Crippen molar-refractivity contribution in [3.05, 3.63) is 92.0 Å².